The first-order chi connectivity index (χ1) is 12.0. The van der Waals surface area contributed by atoms with Crippen LogP contribution in [0.15, 0.2) is 36.4 Å². The molecule has 8 heteroatoms. The third kappa shape index (κ3) is 5.61. The van der Waals surface area contributed by atoms with Gasteiger partial charge in [0, 0.05) is 13.2 Å². The minimum Gasteiger partial charge on any atom is -0.489 e. The van der Waals surface area contributed by atoms with Crippen LogP contribution >= 0.6 is 0 Å². The predicted molar refractivity (Wildman–Crippen MR) is 88.4 cm³/mol. The molecule has 25 heavy (non-hydrogen) atoms. The molecule has 0 spiro atoms. The predicted octanol–water partition coefficient (Wildman–Crippen LogP) is 3.32. The zero-order valence-corrected chi connectivity index (χ0v) is 13.6. The summed E-state index contributed by atoms with van der Waals surface area (Å²) in [6, 6.07) is 8.15. The lowest BCUT2D eigenvalue weighted by Gasteiger charge is -2.11. The van der Waals surface area contributed by atoms with Crippen LogP contribution in [0.5, 0.6) is 5.75 Å². The van der Waals surface area contributed by atoms with E-state index in [4.69, 9.17) is 19.9 Å². The van der Waals surface area contributed by atoms with Crippen LogP contribution in [0, 0.1) is 11.6 Å². The molecule has 0 aliphatic heterocycles. The molecule has 0 radical (unpaired) electrons. The Bertz CT molecular complexity index is 741. The van der Waals surface area contributed by atoms with Gasteiger partial charge in [0.05, 0.1) is 18.0 Å². The molecule has 0 atom stereocenters. The van der Waals surface area contributed by atoms with Gasteiger partial charge in [0.15, 0.2) is 11.6 Å². The lowest BCUT2D eigenvalue weighted by Crippen LogP contribution is -2.17. The van der Waals surface area contributed by atoms with Gasteiger partial charge in [-0.15, -0.1) is 0 Å². The van der Waals surface area contributed by atoms with E-state index in [1.165, 1.54) is 19.2 Å². The van der Waals surface area contributed by atoms with Crippen LogP contribution in [-0.4, -0.2) is 26.4 Å². The Labute approximate surface area is 143 Å². The van der Waals surface area contributed by atoms with Crippen LogP contribution in [0.4, 0.5) is 25.0 Å². The van der Waals surface area contributed by atoms with Gasteiger partial charge in [0.25, 0.3) is 0 Å². The summed E-state index contributed by atoms with van der Waals surface area (Å²) in [5, 5.41) is 2.50. The number of nitrogen functional groups attached to an aromatic ring is 1. The zero-order chi connectivity index (χ0) is 18.2. The molecule has 0 unspecified atom stereocenters. The average Bonchev–Trinajstić information content (AvgIpc) is 2.58. The first-order valence-corrected chi connectivity index (χ1v) is 7.38. The number of carbonyl (C=O) groups is 1. The van der Waals surface area contributed by atoms with E-state index in [1.54, 1.807) is 12.1 Å². The van der Waals surface area contributed by atoms with Crippen molar-refractivity contribution in [2.45, 2.75) is 6.61 Å². The molecule has 3 N–H and O–H groups in total. The van der Waals surface area contributed by atoms with E-state index in [1.807, 2.05) is 0 Å². The molecule has 2 rings (SSSR count). The number of nitrogens with one attached hydrogen (secondary N) is 1. The van der Waals surface area contributed by atoms with E-state index in [-0.39, 0.29) is 18.9 Å². The van der Waals surface area contributed by atoms with Gasteiger partial charge in [-0.1, -0.05) is 6.07 Å². The first-order valence-electron chi connectivity index (χ1n) is 7.38. The molecule has 0 heterocycles. The first kappa shape index (κ1) is 18.5. The molecule has 0 fully saturated rings. The SMILES string of the molecule is COCCOC(=O)Nc1ccc(OCc2ccc(F)c(F)c2)cc1N. The summed E-state index contributed by atoms with van der Waals surface area (Å²) in [6.07, 6.45) is -0.654. The Kier molecular flexibility index (Phi) is 6.53. The summed E-state index contributed by atoms with van der Waals surface area (Å²) in [5.74, 6) is -1.44. The van der Waals surface area contributed by atoms with Crippen LogP contribution in [0.3, 0.4) is 0 Å². The fourth-order valence-corrected chi connectivity index (χ4v) is 1.90. The normalized spacial score (nSPS) is 10.4. The largest absolute Gasteiger partial charge is 0.489 e. The molecule has 0 bridgehead atoms. The van der Waals surface area contributed by atoms with Crippen LogP contribution in [0.1, 0.15) is 5.56 Å². The van der Waals surface area contributed by atoms with Crippen molar-refractivity contribution in [1.29, 1.82) is 0 Å². The van der Waals surface area contributed by atoms with Crippen molar-refractivity contribution in [3.63, 3.8) is 0 Å². The fraction of sp³-hybridized carbons (Fsp3) is 0.235. The number of rotatable bonds is 7. The number of benzene rings is 2. The second-order valence-corrected chi connectivity index (χ2v) is 5.04. The number of nitrogens with two attached hydrogens (primary N) is 1. The molecule has 2 aromatic carbocycles. The third-order valence-electron chi connectivity index (χ3n) is 3.17. The molecule has 0 aliphatic carbocycles. The van der Waals surface area contributed by atoms with Crippen molar-refractivity contribution in [2.24, 2.45) is 0 Å². The third-order valence-corrected chi connectivity index (χ3v) is 3.17. The Morgan fingerprint density at radius 1 is 1.12 bits per heavy atom. The maximum absolute atomic E-state index is 13.1. The summed E-state index contributed by atoms with van der Waals surface area (Å²) in [7, 11) is 1.50. The summed E-state index contributed by atoms with van der Waals surface area (Å²) in [5.41, 5.74) is 6.96. The molecule has 6 nitrogen and oxygen atoms in total. The number of anilines is 2. The van der Waals surface area contributed by atoms with Crippen molar-refractivity contribution >= 4 is 17.5 Å². The zero-order valence-electron chi connectivity index (χ0n) is 13.6. The van der Waals surface area contributed by atoms with Crippen molar-refractivity contribution in [3.8, 4) is 5.75 Å². The highest BCUT2D eigenvalue weighted by Crippen LogP contribution is 2.25. The van der Waals surface area contributed by atoms with E-state index in [2.05, 4.69) is 5.32 Å². The van der Waals surface area contributed by atoms with E-state index >= 15 is 0 Å². The Balaban J connectivity index is 1.92. The van der Waals surface area contributed by atoms with Gasteiger partial charge < -0.3 is 19.9 Å². The summed E-state index contributed by atoms with van der Waals surface area (Å²) < 4.78 is 41.1. The molecule has 1 amide bonds. The van der Waals surface area contributed by atoms with Crippen molar-refractivity contribution < 1.29 is 27.8 Å². The number of ether oxygens (including phenoxy) is 3. The van der Waals surface area contributed by atoms with Gasteiger partial charge in [0.2, 0.25) is 0 Å². The van der Waals surface area contributed by atoms with Gasteiger partial charge in [-0.25, -0.2) is 13.6 Å². The number of halogens is 2. The molecule has 0 aliphatic rings. The maximum Gasteiger partial charge on any atom is 0.411 e. The van der Waals surface area contributed by atoms with E-state index in [0.717, 1.165) is 12.1 Å². The standard InChI is InChI=1S/C17H18F2N2O4/c1-23-6-7-24-17(22)21-16-5-3-12(9-15(16)20)25-10-11-2-4-13(18)14(19)8-11/h2-5,8-9H,6-7,10,20H2,1H3,(H,21,22). The van der Waals surface area contributed by atoms with Gasteiger partial charge in [-0.05, 0) is 29.8 Å². The van der Waals surface area contributed by atoms with Gasteiger partial charge in [-0.2, -0.15) is 0 Å². The second-order valence-electron chi connectivity index (χ2n) is 5.04. The van der Waals surface area contributed by atoms with Crippen molar-refractivity contribution in [2.75, 3.05) is 31.4 Å². The van der Waals surface area contributed by atoms with Crippen LogP contribution in [-0.2, 0) is 16.1 Å². The number of amides is 1. The quantitative estimate of drug-likeness (QED) is 0.590. The molecule has 2 aromatic rings. The average molecular weight is 352 g/mol. The monoisotopic (exact) mass is 352 g/mol. The molecule has 0 saturated heterocycles. The summed E-state index contributed by atoms with van der Waals surface area (Å²) >= 11 is 0. The van der Waals surface area contributed by atoms with Gasteiger partial charge >= 0.3 is 6.09 Å². The fourth-order valence-electron chi connectivity index (χ4n) is 1.90. The lowest BCUT2D eigenvalue weighted by atomic mass is 10.2. The Morgan fingerprint density at radius 3 is 2.60 bits per heavy atom. The molecule has 134 valence electrons. The smallest absolute Gasteiger partial charge is 0.411 e. The highest BCUT2D eigenvalue weighted by molar-refractivity contribution is 5.89. The number of methoxy groups -OCH3 is 1. The lowest BCUT2D eigenvalue weighted by molar-refractivity contribution is 0.107. The van der Waals surface area contributed by atoms with Crippen LogP contribution in [0.2, 0.25) is 0 Å². The van der Waals surface area contributed by atoms with Crippen molar-refractivity contribution in [1.82, 2.24) is 0 Å². The summed E-state index contributed by atoms with van der Waals surface area (Å²) in [6.45, 7) is 0.458. The molecule has 0 saturated carbocycles. The highest BCUT2D eigenvalue weighted by Gasteiger charge is 2.08. The second kappa shape index (κ2) is 8.84. The van der Waals surface area contributed by atoms with Crippen LogP contribution in [0.25, 0.3) is 0 Å². The van der Waals surface area contributed by atoms with E-state index in [9.17, 15) is 13.6 Å². The number of hydrogen-bond acceptors (Lipinski definition) is 5. The Morgan fingerprint density at radius 2 is 1.92 bits per heavy atom. The van der Waals surface area contributed by atoms with E-state index in [0.29, 0.717) is 23.6 Å². The minimum atomic E-state index is -0.938. The number of hydrogen-bond donors (Lipinski definition) is 2. The van der Waals surface area contributed by atoms with Crippen LogP contribution < -0.4 is 15.8 Å². The minimum absolute atomic E-state index is 0.0441. The Hall–Kier alpha value is -2.87. The molecular formula is C17H18F2N2O4. The topological polar surface area (TPSA) is 82.8 Å². The van der Waals surface area contributed by atoms with E-state index < -0.39 is 17.7 Å². The highest BCUT2D eigenvalue weighted by atomic mass is 19.2. The molecule has 0 aromatic heterocycles. The van der Waals surface area contributed by atoms with Gasteiger partial charge in [-0.3, -0.25) is 5.32 Å². The van der Waals surface area contributed by atoms with Gasteiger partial charge in [0.1, 0.15) is 19.0 Å². The molecular weight excluding hydrogens is 334 g/mol. The number of carbonyl (C=O) groups excluding carboxylic acids is 1. The maximum atomic E-state index is 13.1. The van der Waals surface area contributed by atoms with Crippen molar-refractivity contribution in [3.05, 3.63) is 53.6 Å². The summed E-state index contributed by atoms with van der Waals surface area (Å²) in [4.78, 5) is 11.6.